The van der Waals surface area contributed by atoms with Gasteiger partial charge in [-0.2, -0.15) is 13.2 Å². The number of amides is 1. The van der Waals surface area contributed by atoms with Crippen LogP contribution in [0.1, 0.15) is 33.2 Å². The molecule has 0 unspecified atom stereocenters. The van der Waals surface area contributed by atoms with E-state index < -0.39 is 23.6 Å². The minimum atomic E-state index is -4.43. The van der Waals surface area contributed by atoms with E-state index in [1.54, 1.807) is 43.3 Å². The third-order valence-corrected chi connectivity index (χ3v) is 4.35. The number of rotatable bonds is 5. The predicted octanol–water partition coefficient (Wildman–Crippen LogP) is 5.80. The molecule has 0 heterocycles. The molecular weight excluding hydrogens is 395 g/mol. The maximum absolute atomic E-state index is 12.8. The van der Waals surface area contributed by atoms with E-state index in [-0.39, 0.29) is 6.61 Å². The van der Waals surface area contributed by atoms with Gasteiger partial charge < -0.3 is 10.1 Å². The molecule has 1 N–H and O–H groups in total. The molecule has 0 atom stereocenters. The number of anilines is 1. The zero-order valence-electron chi connectivity index (χ0n) is 16.0. The van der Waals surface area contributed by atoms with E-state index in [2.05, 4.69) is 5.32 Å². The molecule has 1 amide bonds. The summed E-state index contributed by atoms with van der Waals surface area (Å²) in [6, 6.07) is 17.5. The van der Waals surface area contributed by atoms with Crippen molar-refractivity contribution >= 4 is 17.6 Å². The van der Waals surface area contributed by atoms with Gasteiger partial charge in [-0.1, -0.05) is 30.3 Å². The topological polar surface area (TPSA) is 55.4 Å². The molecule has 0 aromatic heterocycles. The summed E-state index contributed by atoms with van der Waals surface area (Å²) >= 11 is 0. The Morgan fingerprint density at radius 2 is 1.53 bits per heavy atom. The normalized spacial score (nSPS) is 11.1. The molecule has 0 saturated carbocycles. The average Bonchev–Trinajstić information content (AvgIpc) is 2.74. The van der Waals surface area contributed by atoms with Gasteiger partial charge in [0.05, 0.1) is 17.7 Å². The Morgan fingerprint density at radius 1 is 0.900 bits per heavy atom. The maximum atomic E-state index is 12.8. The van der Waals surface area contributed by atoms with Crippen LogP contribution in [0.3, 0.4) is 0 Å². The molecule has 0 bridgehead atoms. The molecule has 7 heteroatoms. The van der Waals surface area contributed by atoms with Crippen molar-refractivity contribution in [2.45, 2.75) is 13.1 Å². The first-order valence-electron chi connectivity index (χ1n) is 9.15. The molecule has 154 valence electrons. The zero-order valence-corrected chi connectivity index (χ0v) is 16.0. The fraction of sp³-hybridized carbons (Fsp3) is 0.130. The number of halogens is 3. The van der Waals surface area contributed by atoms with Crippen molar-refractivity contribution in [3.63, 3.8) is 0 Å². The number of carbonyl (C=O) groups is 2. The number of carbonyl (C=O) groups excluding carboxylic acids is 2. The van der Waals surface area contributed by atoms with E-state index in [4.69, 9.17) is 4.74 Å². The predicted molar refractivity (Wildman–Crippen MR) is 107 cm³/mol. The maximum Gasteiger partial charge on any atom is 0.416 e. The zero-order chi connectivity index (χ0) is 21.7. The molecule has 0 aliphatic carbocycles. The molecule has 0 spiro atoms. The Balaban J connectivity index is 1.82. The Bertz CT molecular complexity index is 1040. The minimum absolute atomic E-state index is 0.262. The molecule has 0 aliphatic rings. The van der Waals surface area contributed by atoms with Crippen LogP contribution < -0.4 is 5.32 Å². The van der Waals surface area contributed by atoms with Crippen molar-refractivity contribution in [3.8, 4) is 11.1 Å². The summed E-state index contributed by atoms with van der Waals surface area (Å²) in [7, 11) is 0. The van der Waals surface area contributed by atoms with Gasteiger partial charge in [0.2, 0.25) is 0 Å². The van der Waals surface area contributed by atoms with Gasteiger partial charge in [-0.3, -0.25) is 4.79 Å². The monoisotopic (exact) mass is 413 g/mol. The van der Waals surface area contributed by atoms with Crippen molar-refractivity contribution in [2.24, 2.45) is 0 Å². The van der Waals surface area contributed by atoms with Crippen LogP contribution in [0.15, 0.2) is 72.8 Å². The lowest BCUT2D eigenvalue weighted by atomic mass is 9.98. The smallest absolute Gasteiger partial charge is 0.416 e. The van der Waals surface area contributed by atoms with E-state index in [9.17, 15) is 22.8 Å². The highest BCUT2D eigenvalue weighted by atomic mass is 19.4. The van der Waals surface area contributed by atoms with Crippen molar-refractivity contribution in [3.05, 3.63) is 89.5 Å². The van der Waals surface area contributed by atoms with Gasteiger partial charge in [0.1, 0.15) is 0 Å². The van der Waals surface area contributed by atoms with Gasteiger partial charge >= 0.3 is 12.1 Å². The number of ether oxygens (including phenoxy) is 1. The van der Waals surface area contributed by atoms with Crippen molar-refractivity contribution in [1.29, 1.82) is 0 Å². The van der Waals surface area contributed by atoms with Crippen LogP contribution in [0, 0.1) is 0 Å². The molecular formula is C23H18F3NO3. The van der Waals surface area contributed by atoms with E-state index in [1.807, 2.05) is 0 Å². The second-order valence-corrected chi connectivity index (χ2v) is 6.37. The summed E-state index contributed by atoms with van der Waals surface area (Å²) in [4.78, 5) is 24.5. The summed E-state index contributed by atoms with van der Waals surface area (Å²) in [6.45, 7) is 1.97. The van der Waals surface area contributed by atoms with E-state index >= 15 is 0 Å². The molecule has 3 rings (SSSR count). The summed E-state index contributed by atoms with van der Waals surface area (Å²) in [5.74, 6) is -0.877. The van der Waals surface area contributed by atoms with Crippen LogP contribution in [0.4, 0.5) is 18.9 Å². The average molecular weight is 413 g/mol. The number of hydrogen-bond donors (Lipinski definition) is 1. The van der Waals surface area contributed by atoms with Crippen LogP contribution in [0.25, 0.3) is 11.1 Å². The van der Waals surface area contributed by atoms with Gasteiger partial charge in [-0.25, -0.2) is 4.79 Å². The third kappa shape index (κ3) is 4.86. The first-order valence-corrected chi connectivity index (χ1v) is 9.15. The Morgan fingerprint density at radius 3 is 2.13 bits per heavy atom. The molecule has 0 saturated heterocycles. The Kier molecular flexibility index (Phi) is 6.20. The molecule has 3 aromatic carbocycles. The second kappa shape index (κ2) is 8.82. The van der Waals surface area contributed by atoms with Gasteiger partial charge in [0.25, 0.3) is 5.91 Å². The van der Waals surface area contributed by atoms with E-state index in [0.717, 1.165) is 12.1 Å². The highest BCUT2D eigenvalue weighted by Gasteiger charge is 2.30. The molecule has 0 aliphatic heterocycles. The highest BCUT2D eigenvalue weighted by molar-refractivity contribution is 6.08. The summed E-state index contributed by atoms with van der Waals surface area (Å²) in [5, 5.41) is 2.73. The molecule has 3 aromatic rings. The van der Waals surface area contributed by atoms with Crippen molar-refractivity contribution in [2.75, 3.05) is 11.9 Å². The van der Waals surface area contributed by atoms with Crippen LogP contribution in [0.2, 0.25) is 0 Å². The molecule has 4 nitrogen and oxygen atoms in total. The van der Waals surface area contributed by atoms with Gasteiger partial charge in [0, 0.05) is 11.3 Å². The van der Waals surface area contributed by atoms with Gasteiger partial charge in [-0.05, 0) is 60.5 Å². The summed E-state index contributed by atoms with van der Waals surface area (Å²) in [5.41, 5.74) is 1.38. The third-order valence-electron chi connectivity index (χ3n) is 4.35. The largest absolute Gasteiger partial charge is 0.462 e. The van der Waals surface area contributed by atoms with Gasteiger partial charge in [0.15, 0.2) is 0 Å². The fourth-order valence-corrected chi connectivity index (χ4v) is 2.87. The molecule has 0 radical (unpaired) electrons. The molecule has 30 heavy (non-hydrogen) atoms. The van der Waals surface area contributed by atoms with Crippen LogP contribution in [-0.4, -0.2) is 18.5 Å². The van der Waals surface area contributed by atoms with Crippen molar-refractivity contribution in [1.82, 2.24) is 0 Å². The van der Waals surface area contributed by atoms with Crippen LogP contribution in [-0.2, 0) is 10.9 Å². The van der Waals surface area contributed by atoms with Crippen LogP contribution >= 0.6 is 0 Å². The number of hydrogen-bond acceptors (Lipinski definition) is 3. The lowest BCUT2D eigenvalue weighted by molar-refractivity contribution is -0.137. The summed E-state index contributed by atoms with van der Waals surface area (Å²) in [6.07, 6.45) is -4.43. The first-order chi connectivity index (χ1) is 14.3. The summed E-state index contributed by atoms with van der Waals surface area (Å²) < 4.78 is 43.3. The Labute approximate surface area is 171 Å². The quantitative estimate of drug-likeness (QED) is 0.538. The molecule has 0 fully saturated rings. The number of nitrogens with one attached hydrogen (secondary N) is 1. The SMILES string of the molecule is CCOC(=O)c1ccc(NC(=O)c2ccccc2-c2ccc(C(F)(F)F)cc2)cc1. The van der Waals surface area contributed by atoms with E-state index in [1.165, 1.54) is 24.3 Å². The fourth-order valence-electron chi connectivity index (χ4n) is 2.87. The Hall–Kier alpha value is -3.61. The number of benzene rings is 3. The number of esters is 1. The lowest BCUT2D eigenvalue weighted by Gasteiger charge is -2.12. The van der Waals surface area contributed by atoms with Crippen LogP contribution in [0.5, 0.6) is 0 Å². The first kappa shape index (κ1) is 21.1. The van der Waals surface area contributed by atoms with E-state index in [0.29, 0.717) is 27.9 Å². The minimum Gasteiger partial charge on any atom is -0.462 e. The lowest BCUT2D eigenvalue weighted by Crippen LogP contribution is -2.13. The second-order valence-electron chi connectivity index (χ2n) is 6.37. The number of alkyl halides is 3. The van der Waals surface area contributed by atoms with Gasteiger partial charge in [-0.15, -0.1) is 0 Å². The standard InChI is InChI=1S/C23H18F3NO3/c1-2-30-22(29)16-9-13-18(14-10-16)27-21(28)20-6-4-3-5-19(20)15-7-11-17(12-8-15)23(24,25)26/h3-14H,2H2,1H3,(H,27,28). The highest BCUT2D eigenvalue weighted by Crippen LogP contribution is 2.32. The van der Waals surface area contributed by atoms with Crippen molar-refractivity contribution < 1.29 is 27.5 Å².